The topological polar surface area (TPSA) is 88.8 Å². The maximum absolute atomic E-state index is 13.3. The van der Waals surface area contributed by atoms with Crippen LogP contribution < -0.4 is 0 Å². The third-order valence-corrected chi connectivity index (χ3v) is 13.8. The van der Waals surface area contributed by atoms with Gasteiger partial charge in [-0.25, -0.2) is 0 Å². The van der Waals surface area contributed by atoms with Gasteiger partial charge >= 0.3 is 0 Å². The van der Waals surface area contributed by atoms with E-state index in [9.17, 15) is 5.11 Å². The maximum Gasteiger partial charge on any atom is 0.178 e. The highest BCUT2D eigenvalue weighted by Crippen LogP contribution is 2.75. The van der Waals surface area contributed by atoms with Gasteiger partial charge in [0, 0.05) is 33.8 Å². The zero-order valence-electron chi connectivity index (χ0n) is 27.6. The SMILES string of the molecule is CC(C)=C[C@H]1O[C@H]2[C@H]3O[C@@]34[C@H](CC[C@@]3(C)[C@@]4(O)CC[C@H]4Cc5c([nH]c6cccc(CC7OC7(C)C)c56)[C@@]43C)O[C@@H]2C(C)(C)O1. The lowest BCUT2D eigenvalue weighted by Gasteiger charge is -2.66. The average molecular weight is 604 g/mol. The summed E-state index contributed by atoms with van der Waals surface area (Å²) in [6.07, 6.45) is 6.28. The second-order valence-corrected chi connectivity index (χ2v) is 16.9. The fourth-order valence-electron chi connectivity index (χ4n) is 11.1. The van der Waals surface area contributed by atoms with Crippen LogP contribution in [0.15, 0.2) is 29.8 Å². The molecule has 3 aliphatic carbocycles. The van der Waals surface area contributed by atoms with Crippen LogP contribution in [-0.4, -0.2) is 69.3 Å². The minimum Gasteiger partial charge on any atom is -0.386 e. The van der Waals surface area contributed by atoms with Crippen molar-refractivity contribution < 1.29 is 28.8 Å². The number of nitrogens with one attached hydrogen (secondary N) is 1. The molecule has 0 radical (unpaired) electrons. The molecule has 6 fully saturated rings. The maximum atomic E-state index is 13.3. The minimum atomic E-state index is -1.05. The molecule has 7 nitrogen and oxygen atoms in total. The van der Waals surface area contributed by atoms with Gasteiger partial charge in [-0.15, -0.1) is 0 Å². The number of epoxide rings is 2. The van der Waals surface area contributed by atoms with E-state index < -0.39 is 28.5 Å². The summed E-state index contributed by atoms with van der Waals surface area (Å²) in [6.45, 7) is 17.5. The summed E-state index contributed by atoms with van der Waals surface area (Å²) >= 11 is 0. The molecule has 9 rings (SSSR count). The Morgan fingerprint density at radius 2 is 1.73 bits per heavy atom. The van der Waals surface area contributed by atoms with Crippen LogP contribution in [0.4, 0.5) is 0 Å². The Labute approximate surface area is 261 Å². The molecule has 0 bridgehead atoms. The predicted molar refractivity (Wildman–Crippen MR) is 167 cm³/mol. The largest absolute Gasteiger partial charge is 0.386 e. The van der Waals surface area contributed by atoms with Crippen LogP contribution in [0.25, 0.3) is 10.9 Å². The third-order valence-electron chi connectivity index (χ3n) is 13.8. The van der Waals surface area contributed by atoms with Gasteiger partial charge in [-0.05, 0) is 103 Å². The number of allylic oxidation sites excluding steroid dienone is 1. The van der Waals surface area contributed by atoms with Crippen molar-refractivity contribution in [2.45, 2.75) is 159 Å². The summed E-state index contributed by atoms with van der Waals surface area (Å²) in [7, 11) is 0. The molecule has 44 heavy (non-hydrogen) atoms. The van der Waals surface area contributed by atoms with E-state index in [2.05, 4.69) is 78.6 Å². The van der Waals surface area contributed by atoms with E-state index in [0.29, 0.717) is 12.3 Å². The summed E-state index contributed by atoms with van der Waals surface area (Å²) in [5.41, 5.74) is 3.50. The summed E-state index contributed by atoms with van der Waals surface area (Å²) < 4.78 is 32.8. The smallest absolute Gasteiger partial charge is 0.178 e. The van der Waals surface area contributed by atoms with Crippen molar-refractivity contribution in [3.63, 3.8) is 0 Å². The van der Waals surface area contributed by atoms with Crippen molar-refractivity contribution in [1.82, 2.24) is 4.98 Å². The standard InChI is InChI=1S/C37H49NO6/c1-19(2)16-26-41-28-30(33(5,6)43-26)40-24-13-14-34(7)35(8)21(12-15-36(34,39)37(24)31(28)44-37)18-22-27-20(17-25-32(3,4)42-25)10-9-11-23(27)38-29(22)35/h9-11,16,21,24-26,28,30-31,38-39H,12-15,17-18H2,1-8H3/t21-,24-,25?,26-,28+,30-,31+,34+,35+,36-,37-/m0/s1. The van der Waals surface area contributed by atoms with Crippen molar-refractivity contribution in [2.24, 2.45) is 11.3 Å². The van der Waals surface area contributed by atoms with E-state index in [-0.39, 0.29) is 41.5 Å². The fourth-order valence-corrected chi connectivity index (χ4v) is 11.1. The first-order chi connectivity index (χ1) is 20.7. The molecule has 2 aromatic rings. The monoisotopic (exact) mass is 603 g/mol. The Bertz CT molecular complexity index is 1600. The predicted octanol–water partition coefficient (Wildman–Crippen LogP) is 6.03. The number of hydrogen-bond acceptors (Lipinski definition) is 6. The van der Waals surface area contributed by atoms with E-state index in [1.54, 1.807) is 0 Å². The van der Waals surface area contributed by atoms with Gasteiger partial charge in [-0.3, -0.25) is 0 Å². The third kappa shape index (κ3) is 3.25. The highest BCUT2D eigenvalue weighted by Gasteiger charge is 2.87. The number of aromatic amines is 1. The molecule has 1 aromatic heterocycles. The van der Waals surface area contributed by atoms with E-state index in [1.165, 1.54) is 27.7 Å². The second-order valence-electron chi connectivity index (χ2n) is 16.9. The number of ether oxygens (including phenoxy) is 5. The van der Waals surface area contributed by atoms with Gasteiger partial charge < -0.3 is 33.8 Å². The van der Waals surface area contributed by atoms with Gasteiger partial charge in [0.05, 0.1) is 23.4 Å². The average Bonchev–Trinajstić information content (AvgIpc) is 3.74. The van der Waals surface area contributed by atoms with Gasteiger partial charge in [0.2, 0.25) is 0 Å². The zero-order chi connectivity index (χ0) is 30.8. The van der Waals surface area contributed by atoms with E-state index in [4.69, 9.17) is 23.7 Å². The van der Waals surface area contributed by atoms with Crippen LogP contribution in [0.1, 0.15) is 97.9 Å². The number of rotatable bonds is 3. The second kappa shape index (κ2) is 8.39. The molecule has 4 saturated heterocycles. The molecular formula is C37H49NO6. The molecular weight excluding hydrogens is 554 g/mol. The Morgan fingerprint density at radius 1 is 0.955 bits per heavy atom. The molecule has 238 valence electrons. The molecule has 2 N–H and O–H groups in total. The molecule has 2 saturated carbocycles. The summed E-state index contributed by atoms with van der Waals surface area (Å²) in [5, 5.41) is 14.7. The highest BCUT2D eigenvalue weighted by molar-refractivity contribution is 5.89. The summed E-state index contributed by atoms with van der Waals surface area (Å²) in [6, 6.07) is 6.69. The number of benzene rings is 1. The Morgan fingerprint density at radius 3 is 2.45 bits per heavy atom. The van der Waals surface area contributed by atoms with Gasteiger partial charge in [0.15, 0.2) is 11.9 Å². The Balaban J connectivity index is 1.11. The van der Waals surface area contributed by atoms with E-state index in [1.807, 2.05) is 6.08 Å². The minimum absolute atomic E-state index is 0.0412. The van der Waals surface area contributed by atoms with Crippen molar-refractivity contribution >= 4 is 10.9 Å². The number of fused-ring (bicyclic) bond motifs is 9. The van der Waals surface area contributed by atoms with Crippen LogP contribution in [0, 0.1) is 11.3 Å². The molecule has 4 aliphatic heterocycles. The summed E-state index contributed by atoms with van der Waals surface area (Å²) in [4.78, 5) is 3.95. The Kier molecular flexibility index (Phi) is 5.43. The molecule has 5 heterocycles. The zero-order valence-corrected chi connectivity index (χ0v) is 27.6. The molecule has 1 spiro atoms. The van der Waals surface area contributed by atoms with Crippen molar-refractivity contribution in [3.8, 4) is 0 Å². The fraction of sp³-hybridized carbons (Fsp3) is 0.730. The van der Waals surface area contributed by atoms with Gasteiger partial charge in [0.25, 0.3) is 0 Å². The van der Waals surface area contributed by atoms with Crippen molar-refractivity contribution in [1.29, 1.82) is 0 Å². The first-order valence-corrected chi connectivity index (χ1v) is 17.0. The van der Waals surface area contributed by atoms with Crippen molar-refractivity contribution in [3.05, 3.63) is 46.7 Å². The number of H-pyrrole nitrogens is 1. The lowest BCUT2D eigenvalue weighted by Crippen LogP contribution is -2.77. The number of aromatic nitrogens is 1. The van der Waals surface area contributed by atoms with Crippen molar-refractivity contribution in [2.75, 3.05) is 0 Å². The Hall–Kier alpha value is -1.74. The van der Waals surface area contributed by atoms with Crippen LogP contribution in [0.5, 0.6) is 0 Å². The van der Waals surface area contributed by atoms with Crippen LogP contribution >= 0.6 is 0 Å². The van der Waals surface area contributed by atoms with Gasteiger partial charge in [-0.1, -0.05) is 31.6 Å². The number of aliphatic hydroxyl groups is 1. The lowest BCUT2D eigenvalue weighted by molar-refractivity contribution is -0.343. The quantitative estimate of drug-likeness (QED) is 0.329. The number of hydrogen-bond donors (Lipinski definition) is 2. The molecule has 7 heteroatoms. The van der Waals surface area contributed by atoms with Crippen LogP contribution in [0.2, 0.25) is 0 Å². The lowest BCUT2D eigenvalue weighted by atomic mass is 9.40. The first-order valence-electron chi connectivity index (χ1n) is 17.0. The molecule has 1 unspecified atom stereocenters. The first kappa shape index (κ1) is 28.5. The molecule has 0 amide bonds. The highest BCUT2D eigenvalue weighted by atomic mass is 16.8. The summed E-state index contributed by atoms with van der Waals surface area (Å²) in [5.74, 6) is 0.461. The van der Waals surface area contributed by atoms with Gasteiger partial charge in [0.1, 0.15) is 23.9 Å². The molecule has 11 atom stereocenters. The molecule has 7 aliphatic rings. The molecule has 1 aromatic carbocycles. The van der Waals surface area contributed by atoms with E-state index in [0.717, 1.165) is 37.7 Å². The van der Waals surface area contributed by atoms with E-state index >= 15 is 0 Å². The van der Waals surface area contributed by atoms with Crippen LogP contribution in [-0.2, 0) is 41.9 Å². The normalized spacial score (nSPS) is 48.7. The van der Waals surface area contributed by atoms with Gasteiger partial charge in [-0.2, -0.15) is 0 Å². The van der Waals surface area contributed by atoms with Crippen LogP contribution in [0.3, 0.4) is 0 Å².